The van der Waals surface area contributed by atoms with E-state index in [-0.39, 0.29) is 35.7 Å². The largest absolute Gasteiger partial charge is 0.299 e. The lowest BCUT2D eigenvalue weighted by molar-refractivity contribution is -0.915. The summed E-state index contributed by atoms with van der Waals surface area (Å²) >= 11 is 0. The highest BCUT2D eigenvalue weighted by molar-refractivity contribution is 14.0. The Morgan fingerprint density at radius 2 is 1.72 bits per heavy atom. The predicted octanol–water partition coefficient (Wildman–Crippen LogP) is 2.50. The lowest BCUT2D eigenvalue weighted by Crippen LogP contribution is -2.50. The third-order valence-electron chi connectivity index (χ3n) is 2.74. The second-order valence-corrected chi connectivity index (χ2v) is 5.45. The Morgan fingerprint density at radius 3 is 2.11 bits per heavy atom. The third-order valence-corrected chi connectivity index (χ3v) is 2.74. The van der Waals surface area contributed by atoms with E-state index < -0.39 is 0 Å². The smallest absolute Gasteiger partial charge is 0.138 e. The summed E-state index contributed by atoms with van der Waals surface area (Å²) in [6, 6.07) is 8.19. The molecule has 18 heavy (non-hydrogen) atoms. The van der Waals surface area contributed by atoms with Crippen LogP contribution in [0.15, 0.2) is 24.3 Å². The Morgan fingerprint density at radius 1 is 1.22 bits per heavy atom. The second kappa shape index (κ2) is 7.21. The Hall–Kier alpha value is -0.460. The van der Waals surface area contributed by atoms with Gasteiger partial charge in [-0.05, 0) is 19.4 Å². The molecule has 0 saturated heterocycles. The Balaban J connectivity index is 0.00000289. The fraction of sp³-hybridized carbons (Fsp3) is 0.500. The van der Waals surface area contributed by atoms with E-state index in [0.717, 1.165) is 5.56 Å². The summed E-state index contributed by atoms with van der Waals surface area (Å²) in [5.74, 6) is 0.141. The predicted molar refractivity (Wildman–Crippen MR) is 86.1 cm³/mol. The molecule has 0 aliphatic carbocycles. The fourth-order valence-electron chi connectivity index (χ4n) is 1.66. The van der Waals surface area contributed by atoms with Gasteiger partial charge in [0.1, 0.15) is 5.78 Å². The topological polar surface area (TPSA) is 29.1 Å². The van der Waals surface area contributed by atoms with E-state index in [1.54, 1.807) is 6.92 Å². The number of carbonyl (C=O) groups excluding carboxylic acids is 1. The van der Waals surface area contributed by atoms with Crippen molar-refractivity contribution in [3.8, 4) is 0 Å². The van der Waals surface area contributed by atoms with Crippen LogP contribution in [0.4, 0.5) is 0 Å². The van der Waals surface area contributed by atoms with E-state index in [4.69, 9.17) is 0 Å². The third kappa shape index (κ3) is 5.93. The number of aryl methyl sites for hydroxylation is 1. The lowest BCUT2D eigenvalue weighted by Gasteiger charge is -2.26. The number of hydrogen-bond acceptors (Lipinski definition) is 2. The van der Waals surface area contributed by atoms with Crippen LogP contribution in [0.1, 0.15) is 24.0 Å². The van der Waals surface area contributed by atoms with Crippen LogP contribution >= 0.6 is 24.0 Å². The molecular weight excluding hydrogens is 339 g/mol. The van der Waals surface area contributed by atoms with Crippen molar-refractivity contribution in [3.63, 3.8) is 0 Å². The maximum atomic E-state index is 11.7. The molecule has 0 aliphatic heterocycles. The number of rotatable bonds is 5. The van der Waals surface area contributed by atoms with Gasteiger partial charge >= 0.3 is 0 Å². The summed E-state index contributed by atoms with van der Waals surface area (Å²) in [5, 5.41) is 0. The minimum absolute atomic E-state index is 0. The van der Waals surface area contributed by atoms with Crippen LogP contribution in [0.25, 0.3) is 0 Å². The van der Waals surface area contributed by atoms with Gasteiger partial charge in [-0.3, -0.25) is 9.39 Å². The van der Waals surface area contributed by atoms with E-state index in [0.29, 0.717) is 11.1 Å². The molecule has 4 heteroatoms. The van der Waals surface area contributed by atoms with Gasteiger partial charge in [-0.2, -0.15) is 5.43 Å². The maximum Gasteiger partial charge on any atom is 0.138 e. The number of Topliss-reactive ketones (excluding diaryl/α,β-unsaturated/α-hetero) is 1. The standard InChI is InChI=1S/C14H23N2O.HI/c1-11-6-8-13(9-7-11)14(12(2)17)10-15-16(3,4)5;/h6-9,14-15H,10H2,1-5H3;1H/q+1;. The molecule has 1 aromatic carbocycles. The van der Waals surface area contributed by atoms with Gasteiger partial charge in [0.25, 0.3) is 0 Å². The van der Waals surface area contributed by atoms with Crippen molar-refractivity contribution < 1.29 is 9.39 Å². The molecule has 1 atom stereocenters. The SMILES string of the molecule is CC(=O)C(CN[N+](C)(C)C)c1ccc(C)cc1.I. The highest BCUT2D eigenvalue weighted by Gasteiger charge is 2.19. The van der Waals surface area contributed by atoms with Crippen molar-refractivity contribution in [1.29, 1.82) is 0 Å². The minimum Gasteiger partial charge on any atom is -0.299 e. The first-order chi connectivity index (χ1) is 7.79. The van der Waals surface area contributed by atoms with Gasteiger partial charge in [0.15, 0.2) is 0 Å². The van der Waals surface area contributed by atoms with E-state index in [1.807, 2.05) is 33.3 Å². The first-order valence-corrected chi connectivity index (χ1v) is 5.93. The summed E-state index contributed by atoms with van der Waals surface area (Å²) in [6.45, 7) is 4.38. The maximum absolute atomic E-state index is 11.7. The average Bonchev–Trinajstić information content (AvgIpc) is 2.18. The van der Waals surface area contributed by atoms with E-state index in [9.17, 15) is 4.79 Å². The van der Waals surface area contributed by atoms with Crippen LogP contribution in [-0.4, -0.2) is 38.1 Å². The van der Waals surface area contributed by atoms with Gasteiger partial charge in [-0.15, -0.1) is 24.0 Å². The normalized spacial score (nSPS) is 12.7. The molecule has 0 aromatic heterocycles. The van der Waals surface area contributed by atoms with Crippen LogP contribution < -0.4 is 5.43 Å². The number of quaternary nitrogens is 1. The fourth-order valence-corrected chi connectivity index (χ4v) is 1.66. The van der Waals surface area contributed by atoms with Crippen LogP contribution in [0.5, 0.6) is 0 Å². The molecule has 0 aliphatic rings. The Kier molecular flexibility index (Phi) is 7.02. The van der Waals surface area contributed by atoms with E-state index in [1.165, 1.54) is 5.56 Å². The van der Waals surface area contributed by atoms with Crippen molar-refractivity contribution in [2.24, 2.45) is 0 Å². The highest BCUT2D eigenvalue weighted by Crippen LogP contribution is 2.17. The van der Waals surface area contributed by atoms with Gasteiger partial charge in [-0.25, -0.2) is 0 Å². The summed E-state index contributed by atoms with van der Waals surface area (Å²) in [6.07, 6.45) is 0. The number of benzene rings is 1. The molecule has 1 unspecified atom stereocenters. The molecule has 3 nitrogen and oxygen atoms in total. The molecular formula is C14H24IN2O+. The van der Waals surface area contributed by atoms with E-state index in [2.05, 4.69) is 24.5 Å². The zero-order valence-corrected chi connectivity index (χ0v) is 14.2. The second-order valence-electron chi connectivity index (χ2n) is 5.45. The van der Waals surface area contributed by atoms with Crippen LogP contribution in [0.2, 0.25) is 0 Å². The summed E-state index contributed by atoms with van der Waals surface area (Å²) in [7, 11) is 6.14. The molecule has 102 valence electrons. The number of halogens is 1. The summed E-state index contributed by atoms with van der Waals surface area (Å²) < 4.78 is 0.648. The molecule has 0 heterocycles. The quantitative estimate of drug-likeness (QED) is 0.495. The van der Waals surface area contributed by atoms with Crippen molar-refractivity contribution in [1.82, 2.24) is 5.43 Å². The number of carbonyl (C=O) groups is 1. The van der Waals surface area contributed by atoms with Gasteiger partial charge in [0.05, 0.1) is 33.6 Å². The first-order valence-electron chi connectivity index (χ1n) is 5.93. The highest BCUT2D eigenvalue weighted by atomic mass is 127. The van der Waals surface area contributed by atoms with Gasteiger partial charge < -0.3 is 0 Å². The molecule has 0 spiro atoms. The molecule has 0 bridgehead atoms. The number of ketones is 1. The van der Waals surface area contributed by atoms with Crippen molar-refractivity contribution in [2.45, 2.75) is 19.8 Å². The lowest BCUT2D eigenvalue weighted by atomic mass is 9.95. The molecule has 0 amide bonds. The van der Waals surface area contributed by atoms with Gasteiger partial charge in [0.2, 0.25) is 0 Å². The van der Waals surface area contributed by atoms with Crippen molar-refractivity contribution in [3.05, 3.63) is 35.4 Å². The Labute approximate surface area is 127 Å². The number of nitrogens with zero attached hydrogens (tertiary/aromatic N) is 1. The van der Waals surface area contributed by atoms with E-state index >= 15 is 0 Å². The zero-order valence-electron chi connectivity index (χ0n) is 11.9. The van der Waals surface area contributed by atoms with Crippen LogP contribution in [0, 0.1) is 6.92 Å². The molecule has 0 saturated carbocycles. The van der Waals surface area contributed by atoms with Gasteiger partial charge in [-0.1, -0.05) is 29.8 Å². The molecule has 1 N–H and O–H groups in total. The number of nitrogens with one attached hydrogen (secondary N) is 1. The molecule has 0 fully saturated rings. The summed E-state index contributed by atoms with van der Waals surface area (Å²) in [5.41, 5.74) is 5.64. The molecule has 0 radical (unpaired) electrons. The van der Waals surface area contributed by atoms with Crippen LogP contribution in [0.3, 0.4) is 0 Å². The van der Waals surface area contributed by atoms with Crippen molar-refractivity contribution >= 4 is 29.8 Å². The van der Waals surface area contributed by atoms with Crippen LogP contribution in [-0.2, 0) is 4.79 Å². The Bertz CT molecular complexity index is 382. The molecule has 1 rings (SSSR count). The summed E-state index contributed by atoms with van der Waals surface area (Å²) in [4.78, 5) is 11.7. The zero-order chi connectivity index (χ0) is 13.1. The van der Waals surface area contributed by atoms with Gasteiger partial charge in [0, 0.05) is 0 Å². The van der Waals surface area contributed by atoms with Crippen molar-refractivity contribution in [2.75, 3.05) is 27.7 Å². The average molecular weight is 363 g/mol. The minimum atomic E-state index is -0.0621. The monoisotopic (exact) mass is 363 g/mol. The first kappa shape index (κ1) is 17.5. The number of hydrogen-bond donors (Lipinski definition) is 1. The molecule has 1 aromatic rings.